The van der Waals surface area contributed by atoms with Gasteiger partial charge < -0.3 is 15.2 Å². The molecule has 2 heterocycles. The van der Waals surface area contributed by atoms with Gasteiger partial charge >= 0.3 is 0 Å². The number of thioether (sulfide) groups is 1. The number of aryl methyl sites for hydroxylation is 2. The lowest BCUT2D eigenvalue weighted by molar-refractivity contribution is -0.115. The topological polar surface area (TPSA) is 102 Å². The van der Waals surface area contributed by atoms with E-state index in [-0.39, 0.29) is 17.9 Å². The summed E-state index contributed by atoms with van der Waals surface area (Å²) >= 11 is 8.61. The number of amides is 2. The van der Waals surface area contributed by atoms with E-state index < -0.39 is 5.25 Å². The molecule has 2 aromatic heterocycles. The van der Waals surface area contributed by atoms with E-state index in [9.17, 15) is 9.59 Å². The number of nitrogens with zero attached hydrogens (tertiary/aromatic N) is 4. The first kappa shape index (κ1) is 23.2. The average Bonchev–Trinajstić information content (AvgIpc) is 3.23. The number of benzene rings is 1. The Bertz CT molecular complexity index is 1080. The molecular formula is C20H23ClN6O2S2. The van der Waals surface area contributed by atoms with Crippen LogP contribution in [0, 0.1) is 13.8 Å². The van der Waals surface area contributed by atoms with E-state index in [1.807, 2.05) is 20.8 Å². The molecular weight excluding hydrogens is 456 g/mol. The van der Waals surface area contributed by atoms with Crippen LogP contribution in [-0.2, 0) is 11.8 Å². The van der Waals surface area contributed by atoms with Crippen LogP contribution in [0.5, 0.6) is 0 Å². The van der Waals surface area contributed by atoms with Crippen molar-refractivity contribution in [1.29, 1.82) is 0 Å². The second-order valence-corrected chi connectivity index (χ2v) is 9.96. The second-order valence-electron chi connectivity index (χ2n) is 7.01. The number of thiazole rings is 1. The fourth-order valence-corrected chi connectivity index (χ4v) is 4.46. The molecule has 31 heavy (non-hydrogen) atoms. The lowest BCUT2D eigenvalue weighted by atomic mass is 10.2. The van der Waals surface area contributed by atoms with E-state index in [1.54, 1.807) is 42.8 Å². The Morgan fingerprint density at radius 3 is 2.45 bits per heavy atom. The quantitative estimate of drug-likeness (QED) is 0.494. The van der Waals surface area contributed by atoms with Gasteiger partial charge in [0, 0.05) is 22.5 Å². The van der Waals surface area contributed by atoms with Gasteiger partial charge in [0.1, 0.15) is 0 Å². The highest BCUT2D eigenvalue weighted by molar-refractivity contribution is 8.00. The van der Waals surface area contributed by atoms with Crippen LogP contribution in [0.1, 0.15) is 46.6 Å². The van der Waals surface area contributed by atoms with Crippen LogP contribution in [-0.4, -0.2) is 36.8 Å². The first-order valence-electron chi connectivity index (χ1n) is 9.53. The summed E-state index contributed by atoms with van der Waals surface area (Å²) in [6.07, 6.45) is 0. The van der Waals surface area contributed by atoms with E-state index >= 15 is 0 Å². The molecule has 164 valence electrons. The zero-order chi connectivity index (χ0) is 22.7. The van der Waals surface area contributed by atoms with E-state index in [4.69, 9.17) is 11.6 Å². The maximum Gasteiger partial charge on any atom is 0.251 e. The van der Waals surface area contributed by atoms with Crippen LogP contribution < -0.4 is 10.6 Å². The molecule has 0 radical (unpaired) electrons. The van der Waals surface area contributed by atoms with Gasteiger partial charge in [-0.1, -0.05) is 23.4 Å². The highest BCUT2D eigenvalue weighted by Crippen LogP contribution is 2.26. The molecule has 0 unspecified atom stereocenters. The van der Waals surface area contributed by atoms with Gasteiger partial charge in [0.15, 0.2) is 16.1 Å². The average molecular weight is 479 g/mol. The summed E-state index contributed by atoms with van der Waals surface area (Å²) in [6, 6.07) is 6.28. The molecule has 0 bridgehead atoms. The molecule has 0 saturated heterocycles. The minimum absolute atomic E-state index is 0.160. The van der Waals surface area contributed by atoms with Crippen molar-refractivity contribution in [1.82, 2.24) is 25.1 Å². The highest BCUT2D eigenvalue weighted by atomic mass is 35.5. The van der Waals surface area contributed by atoms with Gasteiger partial charge in [-0.25, -0.2) is 4.98 Å². The molecule has 3 rings (SSSR count). The number of anilines is 1. The molecule has 11 heteroatoms. The number of hydrogen-bond acceptors (Lipinski definition) is 7. The van der Waals surface area contributed by atoms with Gasteiger partial charge in [-0.3, -0.25) is 9.59 Å². The maximum absolute atomic E-state index is 12.5. The monoisotopic (exact) mass is 478 g/mol. The standard InChI is InChI=1S/C20H23ClN6O2S2/c1-10-12(3)30-19(23-10)24-17(28)13(4)31-20-26-25-16(27(20)5)11(2)22-18(29)14-6-8-15(21)9-7-14/h6-9,11,13H,1-5H3,(H,22,29)(H,23,24,28)/t11-,13+/m0/s1. The normalized spacial score (nSPS) is 13.0. The van der Waals surface area contributed by atoms with Crippen LogP contribution in [0.4, 0.5) is 5.13 Å². The third-order valence-corrected chi connectivity index (χ3v) is 6.99. The smallest absolute Gasteiger partial charge is 0.251 e. The van der Waals surface area contributed by atoms with Gasteiger partial charge in [-0.05, 0) is 52.0 Å². The molecule has 0 aliphatic rings. The predicted molar refractivity (Wildman–Crippen MR) is 124 cm³/mol. The summed E-state index contributed by atoms with van der Waals surface area (Å²) in [4.78, 5) is 30.4. The molecule has 8 nitrogen and oxygen atoms in total. The van der Waals surface area contributed by atoms with Gasteiger partial charge in [0.05, 0.1) is 17.0 Å². The molecule has 1 aromatic carbocycles. The van der Waals surface area contributed by atoms with Crippen LogP contribution in [0.3, 0.4) is 0 Å². The summed E-state index contributed by atoms with van der Waals surface area (Å²) in [5, 5.41) is 15.5. The van der Waals surface area contributed by atoms with E-state index in [2.05, 4.69) is 25.8 Å². The van der Waals surface area contributed by atoms with Gasteiger partial charge in [-0.15, -0.1) is 21.5 Å². The van der Waals surface area contributed by atoms with Gasteiger partial charge in [-0.2, -0.15) is 0 Å². The summed E-state index contributed by atoms with van der Waals surface area (Å²) in [5.41, 5.74) is 1.42. The third kappa shape index (κ3) is 5.63. The molecule has 3 aromatic rings. The van der Waals surface area contributed by atoms with Gasteiger partial charge in [0.25, 0.3) is 5.91 Å². The van der Waals surface area contributed by atoms with Crippen molar-refractivity contribution in [2.45, 2.75) is 44.1 Å². The molecule has 0 aliphatic heterocycles. The SMILES string of the molecule is Cc1nc(NC(=O)[C@@H](C)Sc2nnc([C@H](C)NC(=O)c3ccc(Cl)cc3)n2C)sc1C. The Labute approximate surface area is 193 Å². The van der Waals surface area contributed by atoms with Crippen molar-refractivity contribution in [3.8, 4) is 0 Å². The minimum Gasteiger partial charge on any atom is -0.342 e. The zero-order valence-corrected chi connectivity index (χ0v) is 20.2. The Hall–Kier alpha value is -2.43. The Kier molecular flexibility index (Phi) is 7.34. The summed E-state index contributed by atoms with van der Waals surface area (Å²) in [6.45, 7) is 7.51. The largest absolute Gasteiger partial charge is 0.342 e. The molecule has 2 atom stereocenters. The van der Waals surface area contributed by atoms with Crippen molar-refractivity contribution in [3.63, 3.8) is 0 Å². The number of nitrogens with one attached hydrogen (secondary N) is 2. The van der Waals surface area contributed by atoms with Crippen LogP contribution in [0.2, 0.25) is 5.02 Å². The van der Waals surface area contributed by atoms with E-state index in [0.29, 0.717) is 26.7 Å². The summed E-state index contributed by atoms with van der Waals surface area (Å²) in [7, 11) is 1.81. The summed E-state index contributed by atoms with van der Waals surface area (Å²) in [5.74, 6) is 0.194. The Balaban J connectivity index is 1.62. The van der Waals surface area contributed by atoms with Crippen LogP contribution >= 0.6 is 34.7 Å². The molecule has 2 N–H and O–H groups in total. The Morgan fingerprint density at radius 2 is 1.84 bits per heavy atom. The van der Waals surface area contributed by atoms with Crippen molar-refractivity contribution in [3.05, 3.63) is 51.2 Å². The van der Waals surface area contributed by atoms with E-state index in [0.717, 1.165) is 10.6 Å². The first-order valence-corrected chi connectivity index (χ1v) is 11.6. The Morgan fingerprint density at radius 1 is 1.16 bits per heavy atom. The molecule has 0 fully saturated rings. The number of carbonyl (C=O) groups excluding carboxylic acids is 2. The molecule has 0 spiro atoms. The van der Waals surface area contributed by atoms with Crippen LogP contribution in [0.15, 0.2) is 29.4 Å². The lowest BCUT2D eigenvalue weighted by Crippen LogP contribution is -2.28. The number of aromatic nitrogens is 4. The number of hydrogen-bond donors (Lipinski definition) is 2. The van der Waals surface area contributed by atoms with Crippen molar-refractivity contribution in [2.75, 3.05) is 5.32 Å². The first-order chi connectivity index (χ1) is 14.7. The van der Waals surface area contributed by atoms with Crippen molar-refractivity contribution >= 4 is 51.6 Å². The number of halogens is 1. The second kappa shape index (κ2) is 9.80. The number of carbonyl (C=O) groups is 2. The molecule has 2 amide bonds. The summed E-state index contributed by atoms with van der Waals surface area (Å²) < 4.78 is 1.78. The van der Waals surface area contributed by atoms with E-state index in [1.165, 1.54) is 23.1 Å². The fourth-order valence-electron chi connectivity index (χ4n) is 2.70. The maximum atomic E-state index is 12.5. The fraction of sp³-hybridized carbons (Fsp3) is 0.350. The van der Waals surface area contributed by atoms with Crippen molar-refractivity contribution < 1.29 is 9.59 Å². The van der Waals surface area contributed by atoms with Crippen LogP contribution in [0.25, 0.3) is 0 Å². The lowest BCUT2D eigenvalue weighted by Gasteiger charge is -2.14. The predicted octanol–water partition coefficient (Wildman–Crippen LogP) is 4.15. The van der Waals surface area contributed by atoms with Gasteiger partial charge in [0.2, 0.25) is 5.91 Å². The minimum atomic E-state index is -0.403. The molecule has 0 saturated carbocycles. The highest BCUT2D eigenvalue weighted by Gasteiger charge is 2.23. The zero-order valence-electron chi connectivity index (χ0n) is 17.8. The molecule has 0 aliphatic carbocycles. The number of rotatable bonds is 7. The third-order valence-electron chi connectivity index (χ3n) is 4.62. The van der Waals surface area contributed by atoms with Crippen molar-refractivity contribution in [2.24, 2.45) is 7.05 Å².